The second-order valence-electron chi connectivity index (χ2n) is 7.92. The van der Waals surface area contributed by atoms with Crippen molar-refractivity contribution in [2.45, 2.75) is 31.0 Å². The summed E-state index contributed by atoms with van der Waals surface area (Å²) in [4.78, 5) is 27.0. The molecule has 0 spiro atoms. The second kappa shape index (κ2) is 10.5. The molecule has 1 aliphatic rings. The number of anilines is 1. The quantitative estimate of drug-likeness (QED) is 0.409. The summed E-state index contributed by atoms with van der Waals surface area (Å²) in [5.74, 6) is -1.27. The number of benzene rings is 2. The maximum absolute atomic E-state index is 13.3. The summed E-state index contributed by atoms with van der Waals surface area (Å²) in [6, 6.07) is 7.37. The second-order valence-corrected chi connectivity index (χ2v) is 10.2. The van der Waals surface area contributed by atoms with Crippen LogP contribution in [0.5, 0.6) is 0 Å². The Kier molecular flexibility index (Phi) is 7.78. The highest BCUT2D eigenvalue weighted by Gasteiger charge is 2.40. The highest BCUT2D eigenvalue weighted by atomic mass is 32.2. The van der Waals surface area contributed by atoms with Gasteiger partial charge in [0.05, 0.1) is 45.1 Å². The van der Waals surface area contributed by atoms with Crippen molar-refractivity contribution in [3.05, 3.63) is 83.1 Å². The smallest absolute Gasteiger partial charge is 0.416 e. The number of carbonyl (C=O) groups excluding carboxylic acids is 2. The Morgan fingerprint density at radius 1 is 1.27 bits per heavy atom. The molecule has 0 aliphatic carbocycles. The number of halogens is 3. The molecule has 2 aromatic carbocycles. The predicted molar refractivity (Wildman–Crippen MR) is 128 cm³/mol. The predicted octanol–water partition coefficient (Wildman–Crippen LogP) is 4.64. The van der Waals surface area contributed by atoms with Gasteiger partial charge in [-0.3, -0.25) is 4.90 Å². The zero-order chi connectivity index (χ0) is 27.5. The Balaban J connectivity index is 2.28. The molecular weight excluding hydrogens is 511 g/mol. The lowest BCUT2D eigenvalue weighted by atomic mass is 9.93. The minimum absolute atomic E-state index is 0.00259. The van der Waals surface area contributed by atoms with Gasteiger partial charge in [-0.1, -0.05) is 31.7 Å². The number of hydrogen-bond donors (Lipinski definition) is 1. The number of amides is 2. The van der Waals surface area contributed by atoms with Crippen molar-refractivity contribution in [2.75, 3.05) is 17.3 Å². The number of carbonyl (C=O) groups is 2. The molecule has 0 saturated heterocycles. The third-order valence-corrected chi connectivity index (χ3v) is 7.42. The van der Waals surface area contributed by atoms with Gasteiger partial charge in [-0.25, -0.2) is 18.0 Å². The molecule has 0 fully saturated rings. The molecule has 3 rings (SSSR count). The van der Waals surface area contributed by atoms with Gasteiger partial charge < -0.3 is 10.1 Å². The van der Waals surface area contributed by atoms with Crippen molar-refractivity contribution in [3.8, 4) is 6.07 Å². The Labute approximate surface area is 211 Å². The average Bonchev–Trinajstić information content (AvgIpc) is 2.86. The van der Waals surface area contributed by atoms with E-state index in [0.29, 0.717) is 0 Å². The lowest BCUT2D eigenvalue weighted by Gasteiger charge is -2.36. The number of sulfone groups is 1. The summed E-state index contributed by atoms with van der Waals surface area (Å²) in [6.45, 7) is 5.99. The van der Waals surface area contributed by atoms with E-state index in [1.165, 1.54) is 38.1 Å². The van der Waals surface area contributed by atoms with Crippen LogP contribution in [0.4, 0.5) is 23.7 Å². The van der Waals surface area contributed by atoms with Crippen LogP contribution < -0.4 is 10.2 Å². The van der Waals surface area contributed by atoms with E-state index >= 15 is 0 Å². The fourth-order valence-corrected chi connectivity index (χ4v) is 5.02. The normalized spacial score (nSPS) is 16.2. The Morgan fingerprint density at radius 2 is 1.97 bits per heavy atom. The van der Waals surface area contributed by atoms with Gasteiger partial charge in [-0.2, -0.15) is 18.4 Å². The lowest BCUT2D eigenvalue weighted by molar-refractivity contribution is -0.139. The van der Waals surface area contributed by atoms with Gasteiger partial charge in [0.2, 0.25) is 0 Å². The number of alkyl halides is 3. The van der Waals surface area contributed by atoms with Crippen molar-refractivity contribution in [1.29, 1.82) is 5.26 Å². The number of allylic oxidation sites excluding steroid dienone is 1. The molecule has 0 radical (unpaired) electrons. The molecule has 1 unspecified atom stereocenters. The molecule has 0 saturated carbocycles. The Bertz CT molecular complexity index is 1440. The van der Waals surface area contributed by atoms with Crippen LogP contribution in [-0.4, -0.2) is 32.8 Å². The summed E-state index contributed by atoms with van der Waals surface area (Å²) in [7, 11) is -3.93. The number of nitrogens with one attached hydrogen (secondary N) is 1. The van der Waals surface area contributed by atoms with E-state index in [9.17, 15) is 36.4 Å². The van der Waals surface area contributed by atoms with Crippen molar-refractivity contribution < 1.29 is 35.9 Å². The van der Waals surface area contributed by atoms with Gasteiger partial charge in [-0.05, 0) is 42.8 Å². The first-order valence-corrected chi connectivity index (χ1v) is 12.5. The lowest BCUT2D eigenvalue weighted by Crippen LogP contribution is -2.48. The third kappa shape index (κ3) is 5.51. The first-order valence-electron chi connectivity index (χ1n) is 10.9. The highest BCUT2D eigenvalue weighted by molar-refractivity contribution is 7.91. The van der Waals surface area contributed by atoms with Crippen molar-refractivity contribution in [2.24, 2.45) is 0 Å². The van der Waals surface area contributed by atoms with E-state index in [4.69, 9.17) is 4.74 Å². The van der Waals surface area contributed by atoms with Crippen molar-refractivity contribution in [1.82, 2.24) is 5.32 Å². The van der Waals surface area contributed by atoms with E-state index in [0.717, 1.165) is 29.2 Å². The summed E-state index contributed by atoms with van der Waals surface area (Å²) in [6.07, 6.45) is -3.39. The maximum atomic E-state index is 13.3. The first kappa shape index (κ1) is 27.5. The van der Waals surface area contributed by atoms with Crippen LogP contribution in [0.15, 0.2) is 71.3 Å². The van der Waals surface area contributed by atoms with Crippen LogP contribution in [0, 0.1) is 11.3 Å². The number of nitrogens with zero attached hydrogens (tertiary/aromatic N) is 2. The third-order valence-electron chi connectivity index (χ3n) is 5.64. The number of hydrogen-bond acceptors (Lipinski definition) is 6. The van der Waals surface area contributed by atoms with Gasteiger partial charge in [0.25, 0.3) is 0 Å². The van der Waals surface area contributed by atoms with E-state index in [-0.39, 0.29) is 45.3 Å². The minimum Gasteiger partial charge on any atom is -0.458 e. The molecule has 2 amide bonds. The zero-order valence-corrected chi connectivity index (χ0v) is 20.6. The summed E-state index contributed by atoms with van der Waals surface area (Å²) >= 11 is 0. The zero-order valence-electron chi connectivity index (χ0n) is 19.8. The molecule has 8 nitrogen and oxygen atoms in total. The molecule has 37 heavy (non-hydrogen) atoms. The number of esters is 1. The average molecular weight is 534 g/mol. The van der Waals surface area contributed by atoms with E-state index in [1.54, 1.807) is 0 Å². The standard InChI is InChI=1S/C25H22F3N3O5S/c1-4-11-36-23(32)21-15(3)31(18-8-6-7-17(13-18)25(26,27)28)24(33)30-22(21)19-10-9-16(14-29)12-20(19)37(34,35)5-2/h4,6-10,12-13,22H,1,5,11H2,2-3H3,(H,30,33). The topological polar surface area (TPSA) is 117 Å². The molecule has 0 aromatic heterocycles. The van der Waals surface area contributed by atoms with Crippen LogP contribution in [-0.2, 0) is 25.5 Å². The van der Waals surface area contributed by atoms with Crippen LogP contribution in [0.3, 0.4) is 0 Å². The van der Waals surface area contributed by atoms with Gasteiger partial charge in [0, 0.05) is 5.70 Å². The number of urea groups is 1. The molecule has 1 heterocycles. The molecule has 2 aromatic rings. The van der Waals surface area contributed by atoms with Crippen molar-refractivity contribution in [3.63, 3.8) is 0 Å². The maximum Gasteiger partial charge on any atom is 0.416 e. The first-order chi connectivity index (χ1) is 17.3. The van der Waals surface area contributed by atoms with Gasteiger partial charge in [0.15, 0.2) is 9.84 Å². The minimum atomic E-state index is -4.68. The van der Waals surface area contributed by atoms with Crippen LogP contribution in [0.25, 0.3) is 0 Å². The fourth-order valence-electron chi connectivity index (χ4n) is 3.85. The largest absolute Gasteiger partial charge is 0.458 e. The highest BCUT2D eigenvalue weighted by Crippen LogP contribution is 2.38. The number of nitriles is 1. The molecule has 12 heteroatoms. The Hall–Kier alpha value is -4.11. The molecule has 0 bridgehead atoms. The van der Waals surface area contributed by atoms with Crippen LogP contribution in [0.2, 0.25) is 0 Å². The van der Waals surface area contributed by atoms with E-state index in [1.807, 2.05) is 6.07 Å². The summed E-state index contributed by atoms with van der Waals surface area (Å²) in [5, 5.41) is 11.8. The number of ether oxygens (including phenoxy) is 1. The molecule has 1 N–H and O–H groups in total. The summed E-state index contributed by atoms with van der Waals surface area (Å²) in [5.41, 5.74) is -1.39. The fraction of sp³-hybridized carbons (Fsp3) is 0.240. The van der Waals surface area contributed by atoms with E-state index < -0.39 is 39.6 Å². The van der Waals surface area contributed by atoms with Gasteiger partial charge >= 0.3 is 18.2 Å². The molecule has 1 aliphatic heterocycles. The van der Waals surface area contributed by atoms with Crippen LogP contribution in [0.1, 0.15) is 36.6 Å². The SMILES string of the molecule is C=CCOC(=O)C1=C(C)N(c2cccc(C(F)(F)F)c2)C(=O)NC1c1ccc(C#N)cc1S(=O)(=O)CC. The molecule has 1 atom stereocenters. The van der Waals surface area contributed by atoms with Gasteiger partial charge in [0.1, 0.15) is 6.61 Å². The Morgan fingerprint density at radius 3 is 2.57 bits per heavy atom. The molecular formula is C25H22F3N3O5S. The number of rotatable bonds is 7. The summed E-state index contributed by atoms with van der Waals surface area (Å²) < 4.78 is 70.9. The van der Waals surface area contributed by atoms with Crippen LogP contribution >= 0.6 is 0 Å². The monoisotopic (exact) mass is 533 g/mol. The van der Waals surface area contributed by atoms with Gasteiger partial charge in [-0.15, -0.1) is 0 Å². The van der Waals surface area contributed by atoms with Crippen molar-refractivity contribution >= 4 is 27.5 Å². The molecule has 194 valence electrons. The van der Waals surface area contributed by atoms with E-state index in [2.05, 4.69) is 11.9 Å².